The molecule has 2 aromatic carbocycles. The number of hydrogen-bond acceptors (Lipinski definition) is 3. The zero-order valence-corrected chi connectivity index (χ0v) is 18.6. The van der Waals surface area contributed by atoms with Crippen LogP contribution >= 0.6 is 0 Å². The van der Waals surface area contributed by atoms with Crippen LogP contribution in [0.25, 0.3) is 33.0 Å². The van der Waals surface area contributed by atoms with Gasteiger partial charge in [-0.1, -0.05) is 32.0 Å². The maximum atomic E-state index is 14.3. The van der Waals surface area contributed by atoms with Crippen molar-refractivity contribution in [3.05, 3.63) is 71.8 Å². The first kappa shape index (κ1) is 21.2. The monoisotopic (exact) mass is 444 g/mol. The predicted octanol–water partition coefficient (Wildman–Crippen LogP) is 4.17. The second kappa shape index (κ2) is 8.33. The highest BCUT2D eigenvalue weighted by atomic mass is 19.1. The number of nitrogens with one attached hydrogen (secondary N) is 2. The standard InChI is InChI=1S/C26H25FN4O2/c1-3-30(4-2)11-12-31-15-20(18-13-16(27)9-10-22(18)31)24-23(25(32)29-26(24)33)19-14-28-21-8-6-5-7-17(19)21/h5-10,13-15,28H,3-4,11-12H2,1-2H3,(H,29,32,33). The summed E-state index contributed by atoms with van der Waals surface area (Å²) in [6.07, 6.45) is 3.62. The second-order valence-corrected chi connectivity index (χ2v) is 8.21. The first-order chi connectivity index (χ1) is 16.0. The van der Waals surface area contributed by atoms with Crippen molar-refractivity contribution in [3.63, 3.8) is 0 Å². The number of carbonyl (C=O) groups is 2. The smallest absolute Gasteiger partial charge is 0.259 e. The molecule has 0 aliphatic carbocycles. The van der Waals surface area contributed by atoms with Gasteiger partial charge in [0.2, 0.25) is 0 Å². The van der Waals surface area contributed by atoms with Gasteiger partial charge >= 0.3 is 0 Å². The Hall–Kier alpha value is -3.71. The highest BCUT2D eigenvalue weighted by Crippen LogP contribution is 2.38. The van der Waals surface area contributed by atoms with Crippen LogP contribution in [0.5, 0.6) is 0 Å². The van der Waals surface area contributed by atoms with Gasteiger partial charge < -0.3 is 14.5 Å². The van der Waals surface area contributed by atoms with Crippen molar-refractivity contribution in [2.45, 2.75) is 20.4 Å². The number of likely N-dealkylation sites (N-methyl/N-ethyl adjacent to an activating group) is 1. The van der Waals surface area contributed by atoms with Gasteiger partial charge in [0.05, 0.1) is 11.1 Å². The molecule has 7 heteroatoms. The number of benzene rings is 2. The average Bonchev–Trinajstić information content (AvgIpc) is 3.47. The minimum Gasteiger partial charge on any atom is -0.361 e. The number of halogens is 1. The number of rotatable bonds is 7. The third kappa shape index (κ3) is 3.54. The second-order valence-electron chi connectivity index (χ2n) is 8.21. The van der Waals surface area contributed by atoms with E-state index in [-0.39, 0.29) is 11.4 Å². The summed E-state index contributed by atoms with van der Waals surface area (Å²) >= 11 is 0. The highest BCUT2D eigenvalue weighted by Gasteiger charge is 2.35. The average molecular weight is 445 g/mol. The molecule has 0 saturated carbocycles. The van der Waals surface area contributed by atoms with Gasteiger partial charge in [-0.25, -0.2) is 4.39 Å². The summed E-state index contributed by atoms with van der Waals surface area (Å²) in [5.74, 6) is -1.29. The van der Waals surface area contributed by atoms with E-state index in [1.54, 1.807) is 12.3 Å². The van der Waals surface area contributed by atoms with Crippen LogP contribution in [-0.4, -0.2) is 45.9 Å². The fraction of sp³-hybridized carbons (Fsp3) is 0.231. The van der Waals surface area contributed by atoms with Gasteiger partial charge in [-0.2, -0.15) is 0 Å². The molecule has 0 radical (unpaired) electrons. The lowest BCUT2D eigenvalue weighted by Gasteiger charge is -2.18. The minimum atomic E-state index is -0.465. The molecule has 4 aromatic rings. The fourth-order valence-electron chi connectivity index (χ4n) is 4.69. The van der Waals surface area contributed by atoms with Gasteiger partial charge in [0.15, 0.2) is 0 Å². The molecular formula is C26H25FN4O2. The van der Waals surface area contributed by atoms with Crippen LogP contribution in [0.3, 0.4) is 0 Å². The Bertz CT molecular complexity index is 1420. The number of aromatic nitrogens is 2. The van der Waals surface area contributed by atoms with Crippen LogP contribution in [0, 0.1) is 5.82 Å². The lowest BCUT2D eigenvalue weighted by molar-refractivity contribution is -0.122. The molecule has 0 bridgehead atoms. The quantitative estimate of drug-likeness (QED) is 0.421. The molecule has 2 aromatic heterocycles. The van der Waals surface area contributed by atoms with Gasteiger partial charge in [0.25, 0.3) is 11.8 Å². The molecular weight excluding hydrogens is 419 g/mol. The van der Waals surface area contributed by atoms with Crippen molar-refractivity contribution in [2.75, 3.05) is 19.6 Å². The maximum Gasteiger partial charge on any atom is 0.259 e. The Kier molecular flexibility index (Phi) is 5.34. The van der Waals surface area contributed by atoms with E-state index >= 15 is 0 Å². The Balaban J connectivity index is 1.72. The molecule has 0 spiro atoms. The van der Waals surface area contributed by atoms with Crippen molar-refractivity contribution in [2.24, 2.45) is 0 Å². The number of amides is 2. The van der Waals surface area contributed by atoms with Crippen molar-refractivity contribution >= 4 is 44.8 Å². The number of nitrogens with zero attached hydrogens (tertiary/aromatic N) is 2. The van der Waals surface area contributed by atoms with Crippen molar-refractivity contribution < 1.29 is 14.0 Å². The van der Waals surface area contributed by atoms with E-state index in [2.05, 4.69) is 29.0 Å². The molecule has 2 amide bonds. The first-order valence-electron chi connectivity index (χ1n) is 11.2. The van der Waals surface area contributed by atoms with Gasteiger partial charge in [0, 0.05) is 58.4 Å². The third-order valence-electron chi connectivity index (χ3n) is 6.45. The van der Waals surface area contributed by atoms with Gasteiger partial charge in [-0.3, -0.25) is 14.9 Å². The number of hydrogen-bond donors (Lipinski definition) is 2. The van der Waals surface area contributed by atoms with E-state index < -0.39 is 11.8 Å². The van der Waals surface area contributed by atoms with Gasteiger partial charge in [-0.15, -0.1) is 0 Å². The number of H-pyrrole nitrogens is 1. The van der Waals surface area contributed by atoms with Crippen LogP contribution in [0.4, 0.5) is 4.39 Å². The maximum absolute atomic E-state index is 14.3. The first-order valence-corrected chi connectivity index (χ1v) is 11.2. The molecule has 0 fully saturated rings. The van der Waals surface area contributed by atoms with E-state index in [1.165, 1.54) is 12.1 Å². The molecule has 6 nitrogen and oxygen atoms in total. The summed E-state index contributed by atoms with van der Waals surface area (Å²) in [6, 6.07) is 12.2. The van der Waals surface area contributed by atoms with Crippen molar-refractivity contribution in [3.8, 4) is 0 Å². The van der Waals surface area contributed by atoms with E-state index in [4.69, 9.17) is 0 Å². The molecule has 0 unspecified atom stereocenters. The molecule has 0 atom stereocenters. The molecule has 3 heterocycles. The van der Waals surface area contributed by atoms with Crippen LogP contribution in [0.2, 0.25) is 0 Å². The summed E-state index contributed by atoms with van der Waals surface area (Å²) in [7, 11) is 0. The number of carbonyl (C=O) groups excluding carboxylic acids is 2. The lowest BCUT2D eigenvalue weighted by atomic mass is 9.95. The topological polar surface area (TPSA) is 70.1 Å². The van der Waals surface area contributed by atoms with E-state index in [1.807, 2.05) is 35.0 Å². The Labute approximate surface area is 190 Å². The molecule has 33 heavy (non-hydrogen) atoms. The summed E-state index contributed by atoms with van der Waals surface area (Å²) in [5.41, 5.74) is 3.51. The summed E-state index contributed by atoms with van der Waals surface area (Å²) in [4.78, 5) is 31.4. The normalized spacial score (nSPS) is 14.3. The Morgan fingerprint density at radius 1 is 0.939 bits per heavy atom. The van der Waals surface area contributed by atoms with Crippen LogP contribution in [0.1, 0.15) is 25.0 Å². The highest BCUT2D eigenvalue weighted by molar-refractivity contribution is 6.50. The largest absolute Gasteiger partial charge is 0.361 e. The minimum absolute atomic E-state index is 0.280. The molecule has 1 aliphatic heterocycles. The van der Waals surface area contributed by atoms with Crippen LogP contribution in [0.15, 0.2) is 54.9 Å². The van der Waals surface area contributed by atoms with Gasteiger partial charge in [-0.05, 0) is 37.4 Å². The molecule has 2 N–H and O–H groups in total. The summed E-state index contributed by atoms with van der Waals surface area (Å²) < 4.78 is 16.3. The SMILES string of the molecule is CCN(CC)CCn1cc(C2=C(c3c[nH]c4ccccc34)C(=O)NC2=O)c2cc(F)ccc21. The molecule has 5 rings (SSSR count). The summed E-state index contributed by atoms with van der Waals surface area (Å²) in [6.45, 7) is 7.62. The molecule has 168 valence electrons. The number of imide groups is 1. The third-order valence-corrected chi connectivity index (χ3v) is 6.45. The lowest BCUT2D eigenvalue weighted by Crippen LogP contribution is -2.26. The van der Waals surface area contributed by atoms with Crippen molar-refractivity contribution in [1.82, 2.24) is 19.8 Å². The van der Waals surface area contributed by atoms with Crippen LogP contribution in [-0.2, 0) is 16.1 Å². The molecule has 1 aliphatic rings. The van der Waals surface area contributed by atoms with Gasteiger partial charge in [0.1, 0.15) is 5.82 Å². The number of para-hydroxylation sites is 1. The Morgan fingerprint density at radius 2 is 1.67 bits per heavy atom. The van der Waals surface area contributed by atoms with Crippen LogP contribution < -0.4 is 5.32 Å². The zero-order valence-electron chi connectivity index (χ0n) is 18.6. The van der Waals surface area contributed by atoms with E-state index in [9.17, 15) is 14.0 Å². The fourth-order valence-corrected chi connectivity index (χ4v) is 4.69. The number of aromatic amines is 1. The number of fused-ring (bicyclic) bond motifs is 2. The van der Waals surface area contributed by atoms with E-state index in [0.717, 1.165) is 36.1 Å². The van der Waals surface area contributed by atoms with Crippen molar-refractivity contribution in [1.29, 1.82) is 0 Å². The summed E-state index contributed by atoms with van der Waals surface area (Å²) in [5, 5.41) is 3.92. The zero-order chi connectivity index (χ0) is 23.1. The van der Waals surface area contributed by atoms with E-state index in [0.29, 0.717) is 28.6 Å². The predicted molar refractivity (Wildman–Crippen MR) is 128 cm³/mol. The Morgan fingerprint density at radius 3 is 2.42 bits per heavy atom. The molecule has 0 saturated heterocycles.